The van der Waals surface area contributed by atoms with Crippen molar-refractivity contribution in [2.75, 3.05) is 12.3 Å². The zero-order valence-electron chi connectivity index (χ0n) is 13.4. The highest BCUT2D eigenvalue weighted by atomic mass is 32.2. The first-order valence-electron chi connectivity index (χ1n) is 8.21. The van der Waals surface area contributed by atoms with Gasteiger partial charge in [-0.3, -0.25) is 9.78 Å². The lowest BCUT2D eigenvalue weighted by Crippen LogP contribution is -2.53. The van der Waals surface area contributed by atoms with Crippen molar-refractivity contribution in [2.45, 2.75) is 51.2 Å². The molecule has 3 rings (SSSR count). The van der Waals surface area contributed by atoms with Crippen LogP contribution in [0.25, 0.3) is 0 Å². The van der Waals surface area contributed by atoms with Crippen molar-refractivity contribution in [3.63, 3.8) is 0 Å². The lowest BCUT2D eigenvalue weighted by molar-refractivity contribution is -0.138. The summed E-state index contributed by atoms with van der Waals surface area (Å²) in [6.07, 6.45) is 5.84. The number of fused-ring (bicyclic) bond motifs is 1. The smallest absolute Gasteiger partial charge is 0.223 e. The second kappa shape index (κ2) is 6.57. The van der Waals surface area contributed by atoms with E-state index >= 15 is 0 Å². The molecule has 126 valence electrons. The quantitative estimate of drug-likeness (QED) is 0.814. The molecule has 0 saturated carbocycles. The number of hydrogen-bond acceptors (Lipinski definition) is 4. The first kappa shape index (κ1) is 16.4. The molecule has 3 heterocycles. The van der Waals surface area contributed by atoms with Crippen LogP contribution >= 0.6 is 0 Å². The minimum Gasteiger partial charge on any atom is -0.334 e. The average Bonchev–Trinajstić information content (AvgIpc) is 2.96. The van der Waals surface area contributed by atoms with Crippen molar-refractivity contribution >= 4 is 15.9 Å². The van der Waals surface area contributed by atoms with Crippen molar-refractivity contribution in [2.24, 2.45) is 0 Å². The molecule has 1 amide bonds. The van der Waals surface area contributed by atoms with Crippen LogP contribution in [0.3, 0.4) is 0 Å². The Labute approximate surface area is 137 Å². The number of hydrogen-bond donors (Lipinski definition) is 0. The minimum atomic E-state index is -3.21. The van der Waals surface area contributed by atoms with E-state index in [1.54, 1.807) is 16.7 Å². The normalized spacial score (nSPS) is 25.6. The summed E-state index contributed by atoms with van der Waals surface area (Å²) in [4.78, 5) is 18.2. The van der Waals surface area contributed by atoms with Crippen LogP contribution in [0, 0.1) is 0 Å². The number of aromatic nitrogens is 1. The van der Waals surface area contributed by atoms with E-state index in [2.05, 4.69) is 4.98 Å². The van der Waals surface area contributed by atoms with Gasteiger partial charge in [-0.25, -0.2) is 8.42 Å². The summed E-state index contributed by atoms with van der Waals surface area (Å²) in [5, 5.41) is 0. The molecule has 0 unspecified atom stereocenters. The Morgan fingerprint density at radius 2 is 1.96 bits per heavy atom. The predicted octanol–water partition coefficient (Wildman–Crippen LogP) is 1.39. The number of carbonyl (C=O) groups excluding carboxylic acids is 1. The Bertz CT molecular complexity index is 662. The molecule has 1 aromatic rings. The highest BCUT2D eigenvalue weighted by Crippen LogP contribution is 2.34. The van der Waals surface area contributed by atoms with Crippen molar-refractivity contribution in [3.05, 3.63) is 30.1 Å². The molecular weight excluding hydrogens is 314 g/mol. The van der Waals surface area contributed by atoms with Crippen LogP contribution in [0.1, 0.15) is 38.2 Å². The summed E-state index contributed by atoms with van der Waals surface area (Å²) in [5.74, 6) is 0.312. The molecule has 0 bridgehead atoms. The number of likely N-dealkylation sites (tertiary alicyclic amines) is 1. The average molecular weight is 337 g/mol. The fourth-order valence-electron chi connectivity index (χ4n) is 3.72. The number of amides is 1. The third kappa shape index (κ3) is 3.26. The van der Waals surface area contributed by atoms with E-state index in [4.69, 9.17) is 0 Å². The topological polar surface area (TPSA) is 70.6 Å². The molecule has 2 aliphatic heterocycles. The van der Waals surface area contributed by atoms with Crippen LogP contribution in [-0.2, 0) is 21.4 Å². The Kier molecular flexibility index (Phi) is 4.68. The first-order valence-corrected chi connectivity index (χ1v) is 9.81. The van der Waals surface area contributed by atoms with Crippen LogP contribution < -0.4 is 0 Å². The number of sulfonamides is 1. The molecule has 0 aliphatic carbocycles. The van der Waals surface area contributed by atoms with Crippen LogP contribution in [0.5, 0.6) is 0 Å². The van der Waals surface area contributed by atoms with E-state index < -0.39 is 10.0 Å². The lowest BCUT2D eigenvalue weighted by atomic mass is 9.96. The van der Waals surface area contributed by atoms with Gasteiger partial charge >= 0.3 is 0 Å². The molecule has 0 N–H and O–H groups in total. The Morgan fingerprint density at radius 3 is 2.65 bits per heavy atom. The van der Waals surface area contributed by atoms with Crippen LogP contribution in [0.4, 0.5) is 0 Å². The number of carbonyl (C=O) groups is 1. The second-order valence-corrected chi connectivity index (χ2v) is 8.31. The fourth-order valence-corrected chi connectivity index (χ4v) is 5.51. The molecular formula is C16H23N3O3S. The van der Waals surface area contributed by atoms with Crippen molar-refractivity contribution in [1.29, 1.82) is 0 Å². The SMILES string of the molecule is CCCS(=O)(=O)N1CC[C@@H]2[C@H]1CCC(=O)N2Cc1ccncc1. The summed E-state index contributed by atoms with van der Waals surface area (Å²) < 4.78 is 26.5. The lowest BCUT2D eigenvalue weighted by Gasteiger charge is -2.39. The molecule has 2 saturated heterocycles. The molecule has 23 heavy (non-hydrogen) atoms. The zero-order valence-corrected chi connectivity index (χ0v) is 14.2. The maximum Gasteiger partial charge on any atom is 0.223 e. The van der Waals surface area contributed by atoms with Gasteiger partial charge in [0.25, 0.3) is 0 Å². The first-order chi connectivity index (χ1) is 11.0. The van der Waals surface area contributed by atoms with Crippen molar-refractivity contribution in [3.8, 4) is 0 Å². The van der Waals surface area contributed by atoms with E-state index in [0.717, 1.165) is 12.0 Å². The molecule has 2 atom stereocenters. The van der Waals surface area contributed by atoms with Crippen molar-refractivity contribution in [1.82, 2.24) is 14.2 Å². The van der Waals surface area contributed by atoms with Crippen LogP contribution in [-0.4, -0.2) is 52.9 Å². The van der Waals surface area contributed by atoms with E-state index in [1.165, 1.54) is 0 Å². The van der Waals surface area contributed by atoms with Gasteiger partial charge in [-0.05, 0) is 37.0 Å². The highest BCUT2D eigenvalue weighted by molar-refractivity contribution is 7.89. The predicted molar refractivity (Wildman–Crippen MR) is 87.0 cm³/mol. The Morgan fingerprint density at radius 1 is 1.22 bits per heavy atom. The Balaban J connectivity index is 1.79. The molecule has 6 nitrogen and oxygen atoms in total. The summed E-state index contributed by atoms with van der Waals surface area (Å²) >= 11 is 0. The van der Waals surface area contributed by atoms with Gasteiger partial charge in [0.15, 0.2) is 0 Å². The van der Waals surface area contributed by atoms with Gasteiger partial charge in [-0.1, -0.05) is 6.92 Å². The molecule has 2 fully saturated rings. The van der Waals surface area contributed by atoms with E-state index in [0.29, 0.717) is 32.4 Å². The van der Waals surface area contributed by atoms with E-state index in [1.807, 2.05) is 24.0 Å². The molecule has 1 aromatic heterocycles. The van der Waals surface area contributed by atoms with Crippen LogP contribution in [0.15, 0.2) is 24.5 Å². The third-order valence-electron chi connectivity index (χ3n) is 4.76. The third-order valence-corrected chi connectivity index (χ3v) is 6.85. The largest absolute Gasteiger partial charge is 0.334 e. The van der Waals surface area contributed by atoms with Crippen molar-refractivity contribution < 1.29 is 13.2 Å². The van der Waals surface area contributed by atoms with Gasteiger partial charge in [-0.15, -0.1) is 0 Å². The van der Waals surface area contributed by atoms with Gasteiger partial charge in [0.1, 0.15) is 0 Å². The van der Waals surface area contributed by atoms with Gasteiger partial charge in [-0.2, -0.15) is 4.31 Å². The van der Waals surface area contributed by atoms with Gasteiger partial charge < -0.3 is 4.90 Å². The summed E-state index contributed by atoms with van der Waals surface area (Å²) in [5.41, 5.74) is 1.03. The van der Waals surface area contributed by atoms with Gasteiger partial charge in [0.2, 0.25) is 15.9 Å². The molecule has 7 heteroatoms. The van der Waals surface area contributed by atoms with Gasteiger partial charge in [0, 0.05) is 44.0 Å². The zero-order chi connectivity index (χ0) is 16.4. The minimum absolute atomic E-state index is 0.00366. The fraction of sp³-hybridized carbons (Fsp3) is 0.625. The summed E-state index contributed by atoms with van der Waals surface area (Å²) in [6.45, 7) is 2.94. The molecule has 0 aromatic carbocycles. The van der Waals surface area contributed by atoms with E-state index in [9.17, 15) is 13.2 Å². The Hall–Kier alpha value is -1.47. The van der Waals surface area contributed by atoms with Crippen LogP contribution in [0.2, 0.25) is 0 Å². The molecule has 2 aliphatic rings. The summed E-state index contributed by atoms with van der Waals surface area (Å²) in [7, 11) is -3.21. The number of nitrogens with zero attached hydrogens (tertiary/aromatic N) is 3. The maximum atomic E-state index is 12.4. The standard InChI is InChI=1S/C16H23N3O3S/c1-2-11-23(21,22)19-10-7-14-15(19)3-4-16(20)18(14)12-13-5-8-17-9-6-13/h5-6,8-9,14-15H,2-4,7,10-12H2,1H3/t14-,15-/m1/s1. The maximum absolute atomic E-state index is 12.4. The highest BCUT2D eigenvalue weighted by Gasteiger charge is 2.46. The second-order valence-electron chi connectivity index (χ2n) is 6.27. The van der Waals surface area contributed by atoms with Gasteiger partial charge in [0.05, 0.1) is 5.75 Å². The molecule has 0 spiro atoms. The number of piperidine rings is 1. The van der Waals surface area contributed by atoms with E-state index in [-0.39, 0.29) is 23.7 Å². The number of rotatable bonds is 5. The number of pyridine rings is 1. The molecule has 0 radical (unpaired) electrons. The summed E-state index contributed by atoms with van der Waals surface area (Å²) in [6, 6.07) is 3.73. The monoisotopic (exact) mass is 337 g/mol.